The zero-order chi connectivity index (χ0) is 14.7. The van der Waals surface area contributed by atoms with E-state index in [-0.39, 0.29) is 6.61 Å². The molecule has 0 aliphatic heterocycles. The molecule has 0 saturated heterocycles. The molecule has 0 bridgehead atoms. The van der Waals surface area contributed by atoms with Crippen molar-refractivity contribution < 1.29 is 9.92 Å². The molecule has 2 aromatic rings. The Morgan fingerprint density at radius 3 is 2.80 bits per heavy atom. The molecule has 20 heavy (non-hydrogen) atoms. The van der Waals surface area contributed by atoms with Crippen molar-refractivity contribution in [2.75, 3.05) is 6.61 Å². The summed E-state index contributed by atoms with van der Waals surface area (Å²) < 4.78 is 0. The molecule has 0 aliphatic rings. The summed E-state index contributed by atoms with van der Waals surface area (Å²) in [5.41, 5.74) is 1.71. The van der Waals surface area contributed by atoms with Crippen LogP contribution < -0.4 is 0 Å². The molecule has 0 saturated carbocycles. The van der Waals surface area contributed by atoms with Crippen LogP contribution in [-0.2, 0) is 11.3 Å². The Labute approximate surface area is 129 Å². The topological polar surface area (TPSA) is 65.3 Å². The summed E-state index contributed by atoms with van der Waals surface area (Å²) in [6.07, 6.45) is 0.450. The van der Waals surface area contributed by atoms with Crippen LogP contribution in [0.25, 0.3) is 10.6 Å². The Morgan fingerprint density at radius 2 is 2.15 bits per heavy atom. The maximum atomic E-state index is 10.1. The van der Waals surface area contributed by atoms with Gasteiger partial charge in [-0.25, -0.2) is 4.98 Å². The predicted molar refractivity (Wildman–Crippen MR) is 79.0 cm³/mol. The first-order valence-corrected chi connectivity index (χ1v) is 7.23. The minimum absolute atomic E-state index is 0.0247. The number of benzene rings is 1. The second-order valence-electron chi connectivity index (χ2n) is 3.96. The van der Waals surface area contributed by atoms with E-state index in [2.05, 4.69) is 9.82 Å². The van der Waals surface area contributed by atoms with Crippen molar-refractivity contribution in [2.45, 2.75) is 13.3 Å². The molecule has 0 N–H and O–H groups in total. The third-order valence-corrected chi connectivity index (χ3v) is 4.59. The number of nitrogens with zero attached hydrogens (tertiary/aromatic N) is 2. The fourth-order valence-electron chi connectivity index (χ4n) is 1.63. The number of aryl methyl sites for hydroxylation is 1. The van der Waals surface area contributed by atoms with Crippen molar-refractivity contribution in [2.24, 2.45) is 0 Å². The van der Waals surface area contributed by atoms with Gasteiger partial charge < -0.3 is 4.84 Å². The highest BCUT2D eigenvalue weighted by molar-refractivity contribution is 7.15. The highest BCUT2D eigenvalue weighted by Gasteiger charge is 2.11. The van der Waals surface area contributed by atoms with E-state index >= 15 is 0 Å². The summed E-state index contributed by atoms with van der Waals surface area (Å²) in [5.74, 6) is 0. The Balaban J connectivity index is 2.17. The van der Waals surface area contributed by atoms with Crippen molar-refractivity contribution in [1.82, 2.24) is 4.98 Å². The fraction of sp³-hybridized carbons (Fsp3) is 0.250. The molecule has 0 radical (unpaired) electrons. The molecule has 1 heterocycles. The van der Waals surface area contributed by atoms with Gasteiger partial charge in [0.2, 0.25) is 0 Å². The Kier molecular flexibility index (Phi) is 4.80. The molecule has 0 aliphatic carbocycles. The van der Waals surface area contributed by atoms with Crippen LogP contribution in [0.2, 0.25) is 10.0 Å². The van der Waals surface area contributed by atoms with Gasteiger partial charge in [-0.05, 0) is 19.1 Å². The van der Waals surface area contributed by atoms with Crippen LogP contribution in [-0.4, -0.2) is 16.7 Å². The molecule has 5 nitrogen and oxygen atoms in total. The molecule has 8 heteroatoms. The molecule has 1 aromatic carbocycles. The van der Waals surface area contributed by atoms with E-state index < -0.39 is 5.09 Å². The zero-order valence-electron chi connectivity index (χ0n) is 10.4. The number of rotatable bonds is 5. The van der Waals surface area contributed by atoms with Crippen molar-refractivity contribution in [1.29, 1.82) is 0 Å². The van der Waals surface area contributed by atoms with E-state index in [1.807, 2.05) is 13.0 Å². The maximum absolute atomic E-state index is 10.1. The highest BCUT2D eigenvalue weighted by atomic mass is 35.5. The molecular formula is C12H10Cl2N2O3S. The fourth-order valence-corrected chi connectivity index (χ4v) is 2.96. The molecule has 2 rings (SSSR count). The van der Waals surface area contributed by atoms with E-state index in [0.717, 1.165) is 21.1 Å². The lowest BCUT2D eigenvalue weighted by molar-refractivity contribution is -0.757. The van der Waals surface area contributed by atoms with Crippen molar-refractivity contribution in [3.8, 4) is 10.6 Å². The van der Waals surface area contributed by atoms with Crippen LogP contribution in [0, 0.1) is 17.0 Å². The average molecular weight is 333 g/mol. The van der Waals surface area contributed by atoms with Crippen LogP contribution in [0.3, 0.4) is 0 Å². The number of hydrogen-bond donors (Lipinski definition) is 0. The maximum Gasteiger partial charge on any atom is 0.294 e. The molecular weight excluding hydrogens is 323 g/mol. The van der Waals surface area contributed by atoms with Crippen LogP contribution >= 0.6 is 34.5 Å². The predicted octanol–water partition coefficient (Wildman–Crippen LogP) is 4.18. The normalized spacial score (nSPS) is 10.6. The van der Waals surface area contributed by atoms with E-state index in [1.165, 1.54) is 11.3 Å². The molecule has 0 atom stereocenters. The molecule has 0 spiro atoms. The van der Waals surface area contributed by atoms with Gasteiger partial charge in [0.05, 0.1) is 15.7 Å². The largest absolute Gasteiger partial charge is 0.314 e. The smallest absolute Gasteiger partial charge is 0.294 e. The van der Waals surface area contributed by atoms with E-state index in [9.17, 15) is 10.1 Å². The summed E-state index contributed by atoms with van der Waals surface area (Å²) in [5, 5.41) is 11.1. The molecule has 0 amide bonds. The zero-order valence-corrected chi connectivity index (χ0v) is 12.8. The summed E-state index contributed by atoms with van der Waals surface area (Å²) >= 11 is 13.3. The summed E-state index contributed by atoms with van der Waals surface area (Å²) in [7, 11) is 0. The van der Waals surface area contributed by atoms with Crippen LogP contribution in [0.15, 0.2) is 18.2 Å². The average Bonchev–Trinajstić information content (AvgIpc) is 2.74. The minimum Gasteiger partial charge on any atom is -0.314 e. The van der Waals surface area contributed by atoms with Gasteiger partial charge in [-0.15, -0.1) is 21.5 Å². The monoisotopic (exact) mass is 332 g/mol. The first kappa shape index (κ1) is 15.0. The number of thiazole rings is 1. The first-order chi connectivity index (χ1) is 9.47. The SMILES string of the molecule is Cc1nc(-c2ccc(Cl)c(Cl)c2)sc1CCO[N+](=O)[O-]. The number of aromatic nitrogens is 1. The Morgan fingerprint density at radius 1 is 1.40 bits per heavy atom. The Hall–Kier alpha value is -1.37. The van der Waals surface area contributed by atoms with Gasteiger partial charge in [0.1, 0.15) is 11.6 Å². The van der Waals surface area contributed by atoms with E-state index in [4.69, 9.17) is 23.2 Å². The van der Waals surface area contributed by atoms with E-state index in [1.54, 1.807) is 12.1 Å². The van der Waals surface area contributed by atoms with Gasteiger partial charge in [0.25, 0.3) is 5.09 Å². The third-order valence-electron chi connectivity index (χ3n) is 2.59. The van der Waals surface area contributed by atoms with Gasteiger partial charge >= 0.3 is 0 Å². The second kappa shape index (κ2) is 6.39. The standard InChI is InChI=1S/C12H10Cl2N2O3S/c1-7-11(4-5-19-16(17)18)20-12(15-7)8-2-3-9(13)10(14)6-8/h2-3,6H,4-5H2,1H3. The van der Waals surface area contributed by atoms with Crippen molar-refractivity contribution in [3.05, 3.63) is 48.9 Å². The number of halogens is 2. The molecule has 0 fully saturated rings. The molecule has 1 aromatic heterocycles. The van der Waals surface area contributed by atoms with Crippen molar-refractivity contribution in [3.63, 3.8) is 0 Å². The minimum atomic E-state index is -0.795. The lowest BCUT2D eigenvalue weighted by Gasteiger charge is -1.99. The van der Waals surface area contributed by atoms with Gasteiger partial charge in [-0.3, -0.25) is 0 Å². The molecule has 0 unspecified atom stereocenters. The Bertz CT molecular complexity index is 646. The summed E-state index contributed by atoms with van der Waals surface area (Å²) in [4.78, 5) is 19.8. The van der Waals surface area contributed by atoms with Gasteiger partial charge in [-0.1, -0.05) is 29.3 Å². The highest BCUT2D eigenvalue weighted by Crippen LogP contribution is 2.32. The molecule has 106 valence electrons. The van der Waals surface area contributed by atoms with E-state index in [0.29, 0.717) is 16.5 Å². The summed E-state index contributed by atoms with van der Waals surface area (Å²) in [6.45, 7) is 1.88. The lowest BCUT2D eigenvalue weighted by Crippen LogP contribution is -2.04. The van der Waals surface area contributed by atoms with Crippen molar-refractivity contribution >= 4 is 34.5 Å². The van der Waals surface area contributed by atoms with Gasteiger partial charge in [-0.2, -0.15) is 0 Å². The summed E-state index contributed by atoms with van der Waals surface area (Å²) in [6, 6.07) is 5.30. The van der Waals surface area contributed by atoms with Gasteiger partial charge in [0, 0.05) is 16.9 Å². The first-order valence-electron chi connectivity index (χ1n) is 5.66. The van der Waals surface area contributed by atoms with Crippen LogP contribution in [0.5, 0.6) is 0 Å². The quantitative estimate of drug-likeness (QED) is 0.608. The van der Waals surface area contributed by atoms with Crippen LogP contribution in [0.4, 0.5) is 0 Å². The number of hydrogen-bond acceptors (Lipinski definition) is 5. The van der Waals surface area contributed by atoms with Crippen LogP contribution in [0.1, 0.15) is 10.6 Å². The second-order valence-corrected chi connectivity index (χ2v) is 5.86. The lowest BCUT2D eigenvalue weighted by atomic mass is 10.2. The van der Waals surface area contributed by atoms with Gasteiger partial charge in [0.15, 0.2) is 0 Å². The third kappa shape index (κ3) is 3.59.